The Kier molecular flexibility index (Phi) is 3.45. The Morgan fingerprint density at radius 3 is 3.08 bits per heavy atom. The lowest BCUT2D eigenvalue weighted by molar-refractivity contribution is -0.118. The molecular weight excluding hydrogens is 168 g/mol. The molecule has 0 radical (unpaired) electrons. The second-order valence-electron chi connectivity index (χ2n) is 3.49. The standard InChI is InChI=1S/C9H16N2O2/c1-9(4-6-13-7-9)11-8(12)3-2-5-10/h2-3H,4-7,10H2,1H3,(H,11,12)/b3-2+. The third-order valence-electron chi connectivity index (χ3n) is 2.05. The number of carbonyl (C=O) groups is 1. The van der Waals surface area contributed by atoms with Crippen molar-refractivity contribution in [2.24, 2.45) is 5.73 Å². The molecule has 4 nitrogen and oxygen atoms in total. The first-order valence-electron chi connectivity index (χ1n) is 4.43. The van der Waals surface area contributed by atoms with Gasteiger partial charge in [0.05, 0.1) is 12.1 Å². The molecule has 4 heteroatoms. The minimum Gasteiger partial charge on any atom is -0.379 e. The number of nitrogens with two attached hydrogens (primary N) is 1. The van der Waals surface area contributed by atoms with E-state index in [-0.39, 0.29) is 11.4 Å². The maximum atomic E-state index is 11.3. The van der Waals surface area contributed by atoms with Crippen molar-refractivity contribution in [2.75, 3.05) is 19.8 Å². The number of amides is 1. The summed E-state index contributed by atoms with van der Waals surface area (Å²) in [5.41, 5.74) is 5.03. The summed E-state index contributed by atoms with van der Waals surface area (Å²) in [6, 6.07) is 0. The van der Waals surface area contributed by atoms with E-state index in [1.807, 2.05) is 6.92 Å². The molecule has 1 atom stereocenters. The van der Waals surface area contributed by atoms with Crippen LogP contribution >= 0.6 is 0 Å². The van der Waals surface area contributed by atoms with E-state index >= 15 is 0 Å². The number of hydrogen-bond donors (Lipinski definition) is 2. The SMILES string of the molecule is CC1(NC(=O)/C=C/CN)CCOC1. The minimum absolute atomic E-state index is 0.0987. The first-order chi connectivity index (χ1) is 6.16. The van der Waals surface area contributed by atoms with Crippen LogP contribution in [0.25, 0.3) is 0 Å². The lowest BCUT2D eigenvalue weighted by atomic mass is 10.0. The summed E-state index contributed by atoms with van der Waals surface area (Å²) in [7, 11) is 0. The van der Waals surface area contributed by atoms with E-state index in [2.05, 4.69) is 5.32 Å². The summed E-state index contributed by atoms with van der Waals surface area (Å²) >= 11 is 0. The van der Waals surface area contributed by atoms with Crippen molar-refractivity contribution in [3.63, 3.8) is 0 Å². The monoisotopic (exact) mass is 184 g/mol. The highest BCUT2D eigenvalue weighted by Gasteiger charge is 2.30. The zero-order valence-electron chi connectivity index (χ0n) is 7.88. The van der Waals surface area contributed by atoms with Gasteiger partial charge >= 0.3 is 0 Å². The number of hydrogen-bond acceptors (Lipinski definition) is 3. The third kappa shape index (κ3) is 3.16. The summed E-state index contributed by atoms with van der Waals surface area (Å²) < 4.78 is 5.20. The van der Waals surface area contributed by atoms with Gasteiger partial charge in [0.25, 0.3) is 0 Å². The molecule has 1 amide bonds. The Morgan fingerprint density at radius 2 is 2.54 bits per heavy atom. The molecule has 1 aliphatic heterocycles. The highest BCUT2D eigenvalue weighted by atomic mass is 16.5. The van der Waals surface area contributed by atoms with Crippen molar-refractivity contribution in [2.45, 2.75) is 18.9 Å². The predicted octanol–water partition coefficient (Wildman–Crippen LogP) is -0.203. The van der Waals surface area contributed by atoms with Gasteiger partial charge in [-0.3, -0.25) is 4.79 Å². The van der Waals surface area contributed by atoms with Crippen molar-refractivity contribution in [3.8, 4) is 0 Å². The van der Waals surface area contributed by atoms with Crippen molar-refractivity contribution in [1.82, 2.24) is 5.32 Å². The molecule has 1 saturated heterocycles. The second kappa shape index (κ2) is 4.39. The largest absolute Gasteiger partial charge is 0.379 e. The van der Waals surface area contributed by atoms with Gasteiger partial charge < -0.3 is 15.8 Å². The quantitative estimate of drug-likeness (QED) is 0.597. The minimum atomic E-state index is -0.198. The lowest BCUT2D eigenvalue weighted by Gasteiger charge is -2.22. The molecule has 0 saturated carbocycles. The van der Waals surface area contributed by atoms with Crippen LogP contribution in [0.3, 0.4) is 0 Å². The molecule has 74 valence electrons. The smallest absolute Gasteiger partial charge is 0.244 e. The van der Waals surface area contributed by atoms with Gasteiger partial charge in [-0.2, -0.15) is 0 Å². The first-order valence-corrected chi connectivity index (χ1v) is 4.43. The van der Waals surface area contributed by atoms with Crippen molar-refractivity contribution in [3.05, 3.63) is 12.2 Å². The summed E-state index contributed by atoms with van der Waals surface area (Å²) in [6.45, 7) is 3.68. The fourth-order valence-electron chi connectivity index (χ4n) is 1.28. The van der Waals surface area contributed by atoms with Crippen LogP contribution in [0.2, 0.25) is 0 Å². The van der Waals surface area contributed by atoms with Gasteiger partial charge in [-0.05, 0) is 13.3 Å². The van der Waals surface area contributed by atoms with E-state index < -0.39 is 0 Å². The lowest BCUT2D eigenvalue weighted by Crippen LogP contribution is -2.45. The molecule has 1 aliphatic rings. The molecule has 3 N–H and O–H groups in total. The second-order valence-corrected chi connectivity index (χ2v) is 3.49. The molecule has 0 spiro atoms. The number of ether oxygens (including phenoxy) is 1. The summed E-state index contributed by atoms with van der Waals surface area (Å²) in [4.78, 5) is 11.3. The Labute approximate surface area is 78.1 Å². The summed E-state index contributed by atoms with van der Waals surface area (Å²) in [6.07, 6.45) is 3.97. The highest BCUT2D eigenvalue weighted by Crippen LogP contribution is 2.16. The molecule has 0 aromatic rings. The van der Waals surface area contributed by atoms with Crippen LogP contribution in [-0.2, 0) is 9.53 Å². The predicted molar refractivity (Wildman–Crippen MR) is 50.2 cm³/mol. The van der Waals surface area contributed by atoms with Crippen LogP contribution in [0, 0.1) is 0 Å². The molecule has 13 heavy (non-hydrogen) atoms. The van der Waals surface area contributed by atoms with Gasteiger partial charge in [-0.15, -0.1) is 0 Å². The zero-order valence-corrected chi connectivity index (χ0v) is 7.88. The van der Waals surface area contributed by atoms with Crippen LogP contribution in [0.1, 0.15) is 13.3 Å². The van der Waals surface area contributed by atoms with E-state index in [9.17, 15) is 4.79 Å². The maximum Gasteiger partial charge on any atom is 0.244 e. The van der Waals surface area contributed by atoms with Crippen LogP contribution in [0.15, 0.2) is 12.2 Å². The van der Waals surface area contributed by atoms with Gasteiger partial charge in [-0.1, -0.05) is 6.08 Å². The van der Waals surface area contributed by atoms with E-state index in [1.165, 1.54) is 6.08 Å². The summed E-state index contributed by atoms with van der Waals surface area (Å²) in [5.74, 6) is -0.0987. The van der Waals surface area contributed by atoms with Crippen molar-refractivity contribution < 1.29 is 9.53 Å². The molecule has 1 rings (SSSR count). The van der Waals surface area contributed by atoms with E-state index in [0.29, 0.717) is 13.2 Å². The average Bonchev–Trinajstić information content (AvgIpc) is 2.48. The number of carbonyl (C=O) groups excluding carboxylic acids is 1. The molecule has 0 aromatic carbocycles. The Hall–Kier alpha value is -0.870. The zero-order chi connectivity index (χ0) is 9.73. The molecule has 0 aromatic heterocycles. The fourth-order valence-corrected chi connectivity index (χ4v) is 1.28. The average molecular weight is 184 g/mol. The first kappa shape index (κ1) is 10.2. The molecule has 0 aliphatic carbocycles. The Balaban J connectivity index is 2.38. The van der Waals surface area contributed by atoms with Gasteiger partial charge in [-0.25, -0.2) is 0 Å². The van der Waals surface area contributed by atoms with Gasteiger partial charge in [0, 0.05) is 19.2 Å². The van der Waals surface area contributed by atoms with E-state index in [1.54, 1.807) is 6.08 Å². The molecule has 1 unspecified atom stereocenters. The van der Waals surface area contributed by atoms with Crippen LogP contribution in [0.5, 0.6) is 0 Å². The maximum absolute atomic E-state index is 11.3. The van der Waals surface area contributed by atoms with Crippen molar-refractivity contribution in [1.29, 1.82) is 0 Å². The Morgan fingerprint density at radius 1 is 1.77 bits per heavy atom. The van der Waals surface area contributed by atoms with Gasteiger partial charge in [0.1, 0.15) is 0 Å². The molecule has 1 fully saturated rings. The van der Waals surface area contributed by atoms with Crippen LogP contribution < -0.4 is 11.1 Å². The van der Waals surface area contributed by atoms with Crippen molar-refractivity contribution >= 4 is 5.91 Å². The topological polar surface area (TPSA) is 64.4 Å². The highest BCUT2D eigenvalue weighted by molar-refractivity contribution is 5.88. The molecule has 1 heterocycles. The van der Waals surface area contributed by atoms with Gasteiger partial charge in [0.2, 0.25) is 5.91 Å². The Bertz CT molecular complexity index is 208. The van der Waals surface area contributed by atoms with E-state index in [4.69, 9.17) is 10.5 Å². The summed E-state index contributed by atoms with van der Waals surface area (Å²) in [5, 5.41) is 2.88. The van der Waals surface area contributed by atoms with Crippen LogP contribution in [-0.4, -0.2) is 31.2 Å². The normalized spacial score (nSPS) is 28.2. The van der Waals surface area contributed by atoms with E-state index in [0.717, 1.165) is 13.0 Å². The molecule has 0 bridgehead atoms. The third-order valence-corrected chi connectivity index (χ3v) is 2.05. The number of nitrogens with one attached hydrogen (secondary N) is 1. The van der Waals surface area contributed by atoms with Crippen LogP contribution in [0.4, 0.5) is 0 Å². The number of rotatable bonds is 3. The molecular formula is C9H16N2O2. The van der Waals surface area contributed by atoms with Gasteiger partial charge in [0.15, 0.2) is 0 Å². The fraction of sp³-hybridized carbons (Fsp3) is 0.667.